The molecule has 1 fully saturated rings. The molecule has 0 radical (unpaired) electrons. The monoisotopic (exact) mass is 596 g/mol. The van der Waals surface area contributed by atoms with Gasteiger partial charge < -0.3 is 15.8 Å². The highest BCUT2D eigenvalue weighted by Gasteiger charge is 2.33. The van der Waals surface area contributed by atoms with Gasteiger partial charge in [0.1, 0.15) is 5.00 Å². The summed E-state index contributed by atoms with van der Waals surface area (Å²) in [5.41, 5.74) is 8.40. The van der Waals surface area contributed by atoms with Crippen LogP contribution in [0.4, 0.5) is 5.00 Å². The predicted molar refractivity (Wildman–Crippen MR) is 155 cm³/mol. The highest BCUT2D eigenvalue weighted by molar-refractivity contribution is 7.89. The third-order valence-corrected chi connectivity index (χ3v) is 10.6. The van der Waals surface area contributed by atoms with Crippen LogP contribution in [0.15, 0.2) is 59.5 Å². The second kappa shape index (κ2) is 12.1. The molecule has 3 heterocycles. The summed E-state index contributed by atoms with van der Waals surface area (Å²) < 4.78 is 32.4. The van der Waals surface area contributed by atoms with Crippen molar-refractivity contribution in [3.8, 4) is 0 Å². The molecule has 0 unspecified atom stereocenters. The summed E-state index contributed by atoms with van der Waals surface area (Å²) in [6.45, 7) is 2.62. The zero-order valence-electron chi connectivity index (χ0n) is 22.7. The zero-order valence-corrected chi connectivity index (χ0v) is 24.3. The van der Waals surface area contributed by atoms with Crippen LogP contribution in [0.25, 0.3) is 0 Å². The lowest BCUT2D eigenvalue weighted by Gasteiger charge is -2.29. The smallest absolute Gasteiger partial charge is 0.308 e. The molecule has 3 aromatic rings. The highest BCUT2D eigenvalue weighted by atomic mass is 32.2. The first-order valence-corrected chi connectivity index (χ1v) is 15.6. The maximum atomic E-state index is 13.1. The van der Waals surface area contributed by atoms with Crippen LogP contribution in [0.5, 0.6) is 0 Å². The van der Waals surface area contributed by atoms with Gasteiger partial charge in [0.2, 0.25) is 10.0 Å². The Morgan fingerprint density at radius 3 is 2.34 bits per heavy atom. The summed E-state index contributed by atoms with van der Waals surface area (Å²) in [5, 5.41) is 3.23. The van der Waals surface area contributed by atoms with Gasteiger partial charge in [-0.2, -0.15) is 4.31 Å². The maximum absolute atomic E-state index is 13.1. The molecule has 2 aliphatic rings. The van der Waals surface area contributed by atoms with E-state index in [2.05, 4.69) is 22.3 Å². The van der Waals surface area contributed by atoms with E-state index in [9.17, 15) is 22.8 Å². The summed E-state index contributed by atoms with van der Waals surface area (Å²) in [5.74, 6) is -1.69. The Hall–Kier alpha value is -3.58. The molecule has 41 heavy (non-hydrogen) atoms. The Balaban J connectivity index is 1.27. The van der Waals surface area contributed by atoms with Crippen LogP contribution in [0, 0.1) is 5.92 Å². The van der Waals surface area contributed by atoms with Crippen LogP contribution in [-0.2, 0) is 39.1 Å². The molecule has 0 saturated carbocycles. The van der Waals surface area contributed by atoms with Gasteiger partial charge in [-0.1, -0.05) is 30.3 Å². The van der Waals surface area contributed by atoms with Crippen LogP contribution >= 0.6 is 11.3 Å². The average Bonchev–Trinajstić information content (AvgIpc) is 3.34. The first kappa shape index (κ1) is 28.9. The lowest BCUT2D eigenvalue weighted by Crippen LogP contribution is -2.40. The molecule has 2 amide bonds. The van der Waals surface area contributed by atoms with Gasteiger partial charge in [0, 0.05) is 43.2 Å². The molecule has 1 aromatic heterocycles. The first-order chi connectivity index (χ1) is 19.7. The molecule has 216 valence electrons. The van der Waals surface area contributed by atoms with Crippen LogP contribution in [0.3, 0.4) is 0 Å². The van der Waals surface area contributed by atoms with E-state index in [4.69, 9.17) is 10.5 Å². The molecule has 0 atom stereocenters. The van der Waals surface area contributed by atoms with Crippen molar-refractivity contribution in [3.05, 3.63) is 81.7 Å². The van der Waals surface area contributed by atoms with E-state index < -0.39 is 21.8 Å². The Bertz CT molecular complexity index is 1550. The number of anilines is 1. The van der Waals surface area contributed by atoms with Gasteiger partial charge >= 0.3 is 5.97 Å². The summed E-state index contributed by atoms with van der Waals surface area (Å²) in [6, 6.07) is 15.8. The number of piperidine rings is 1. The second-order valence-electron chi connectivity index (χ2n) is 10.2. The van der Waals surface area contributed by atoms with E-state index in [1.807, 2.05) is 18.2 Å². The molecule has 10 nitrogen and oxygen atoms in total. The fourth-order valence-electron chi connectivity index (χ4n) is 5.38. The number of fused-ring (bicyclic) bond motifs is 1. The van der Waals surface area contributed by atoms with Gasteiger partial charge in [0.25, 0.3) is 11.8 Å². The largest absolute Gasteiger partial charge is 0.469 e. The number of carbonyl (C=O) groups excluding carboxylic acids is 3. The van der Waals surface area contributed by atoms with Crippen molar-refractivity contribution in [2.24, 2.45) is 11.7 Å². The molecule has 12 heteroatoms. The summed E-state index contributed by atoms with van der Waals surface area (Å²) in [4.78, 5) is 40.6. The van der Waals surface area contributed by atoms with Crippen molar-refractivity contribution in [2.75, 3.05) is 32.1 Å². The number of sulfonamides is 1. The number of methoxy groups -OCH3 is 1. The minimum Gasteiger partial charge on any atom is -0.469 e. The molecular weight excluding hydrogens is 564 g/mol. The number of rotatable bonds is 8. The number of thiophene rings is 1. The lowest BCUT2D eigenvalue weighted by atomic mass is 9.99. The fourth-order valence-corrected chi connectivity index (χ4v) is 8.14. The van der Waals surface area contributed by atoms with Crippen molar-refractivity contribution in [1.82, 2.24) is 9.21 Å². The van der Waals surface area contributed by atoms with Gasteiger partial charge in [0.15, 0.2) is 0 Å². The topological polar surface area (TPSA) is 139 Å². The number of esters is 1. The third-order valence-electron chi connectivity index (χ3n) is 7.60. The Kier molecular flexibility index (Phi) is 8.55. The number of ether oxygens (including phenoxy) is 1. The molecule has 0 spiro atoms. The van der Waals surface area contributed by atoms with E-state index >= 15 is 0 Å². The van der Waals surface area contributed by atoms with Crippen LogP contribution in [0.1, 0.15) is 49.6 Å². The normalized spacial score (nSPS) is 16.6. The van der Waals surface area contributed by atoms with Crippen molar-refractivity contribution in [1.29, 1.82) is 0 Å². The number of primary amides is 1. The Morgan fingerprint density at radius 1 is 1.02 bits per heavy atom. The van der Waals surface area contributed by atoms with Crippen LogP contribution in [-0.4, -0.2) is 62.2 Å². The summed E-state index contributed by atoms with van der Waals surface area (Å²) >= 11 is 1.35. The standard InChI is InChI=1S/C29H32N4O6S2/c1-39-29(36)21-11-15-33(16-12-21)41(37,38)22-9-7-20(8-10-22)27(35)31-28-25(26(30)34)23-13-14-32(18-24(23)40-28)17-19-5-3-2-4-6-19/h2-10,21H,11-18H2,1H3,(H2,30,34)(H,31,35). The van der Waals surface area contributed by atoms with Crippen LogP contribution < -0.4 is 11.1 Å². The molecule has 2 aliphatic heterocycles. The SMILES string of the molecule is COC(=O)C1CCN(S(=O)(=O)c2ccc(C(=O)Nc3sc4c(c3C(N)=O)CCN(Cc3ccccc3)C4)cc2)CC1. The molecular formula is C29H32N4O6S2. The van der Waals surface area contributed by atoms with Crippen molar-refractivity contribution in [2.45, 2.75) is 37.2 Å². The maximum Gasteiger partial charge on any atom is 0.308 e. The number of hydrogen-bond acceptors (Lipinski definition) is 8. The number of amides is 2. The predicted octanol–water partition coefficient (Wildman–Crippen LogP) is 3.23. The fraction of sp³-hybridized carbons (Fsp3) is 0.345. The molecule has 0 bridgehead atoms. The quantitative estimate of drug-likeness (QED) is 0.381. The van der Waals surface area contributed by atoms with E-state index in [0.717, 1.165) is 23.5 Å². The number of nitrogens with one attached hydrogen (secondary N) is 1. The summed E-state index contributed by atoms with van der Waals surface area (Å²) in [7, 11) is -2.46. The van der Waals surface area contributed by atoms with E-state index in [1.54, 1.807) is 0 Å². The van der Waals surface area contributed by atoms with E-state index in [0.29, 0.717) is 36.4 Å². The van der Waals surface area contributed by atoms with E-state index in [-0.39, 0.29) is 35.4 Å². The average molecular weight is 597 g/mol. The van der Waals surface area contributed by atoms with E-state index in [1.165, 1.54) is 52.6 Å². The minimum atomic E-state index is -3.78. The highest BCUT2D eigenvalue weighted by Crippen LogP contribution is 2.37. The minimum absolute atomic E-state index is 0.0634. The van der Waals surface area contributed by atoms with Gasteiger partial charge in [-0.25, -0.2) is 8.42 Å². The van der Waals surface area contributed by atoms with Crippen LogP contribution in [0.2, 0.25) is 0 Å². The lowest BCUT2D eigenvalue weighted by molar-refractivity contribution is -0.146. The Morgan fingerprint density at radius 2 is 1.71 bits per heavy atom. The zero-order chi connectivity index (χ0) is 29.1. The van der Waals surface area contributed by atoms with Gasteiger partial charge in [-0.3, -0.25) is 19.3 Å². The van der Waals surface area contributed by atoms with Gasteiger partial charge in [-0.15, -0.1) is 11.3 Å². The van der Waals surface area contributed by atoms with Crippen molar-refractivity contribution < 1.29 is 27.5 Å². The molecule has 5 rings (SSSR count). The number of benzene rings is 2. The number of nitrogens with two attached hydrogens (primary N) is 1. The van der Waals surface area contributed by atoms with Crippen molar-refractivity contribution in [3.63, 3.8) is 0 Å². The van der Waals surface area contributed by atoms with Gasteiger partial charge in [0.05, 0.1) is 23.5 Å². The number of carbonyl (C=O) groups is 3. The third kappa shape index (κ3) is 6.20. The summed E-state index contributed by atoms with van der Waals surface area (Å²) in [6.07, 6.45) is 1.43. The first-order valence-electron chi connectivity index (χ1n) is 13.4. The molecule has 3 N–H and O–H groups in total. The number of hydrogen-bond donors (Lipinski definition) is 2. The number of nitrogens with zero attached hydrogens (tertiary/aromatic N) is 2. The van der Waals surface area contributed by atoms with Gasteiger partial charge in [-0.05, 0) is 54.7 Å². The molecule has 2 aromatic carbocycles. The second-order valence-corrected chi connectivity index (χ2v) is 13.2. The van der Waals surface area contributed by atoms with Crippen molar-refractivity contribution >= 4 is 44.1 Å². The Labute approximate surface area is 243 Å². The molecule has 0 aliphatic carbocycles. The molecule has 1 saturated heterocycles.